The third-order valence-electron chi connectivity index (χ3n) is 12.7. The highest BCUT2D eigenvalue weighted by atomic mass is 15.1. The molecule has 0 N–H and O–H groups in total. The molecule has 0 fully saturated rings. The normalized spacial score (nSPS) is 11.7. The fourth-order valence-electron chi connectivity index (χ4n) is 9.60. The van der Waals surface area contributed by atoms with Gasteiger partial charge in [-0.15, -0.1) is 0 Å². The highest BCUT2D eigenvalue weighted by molar-refractivity contribution is 6.19. The van der Waals surface area contributed by atoms with Gasteiger partial charge in [-0.3, -0.25) is 0 Å². The number of aryl methyl sites for hydroxylation is 2. The molecule has 12 rings (SSSR count). The molecule has 0 aliphatic rings. The van der Waals surface area contributed by atoms with Crippen molar-refractivity contribution in [3.8, 4) is 67.3 Å². The highest BCUT2D eigenvalue weighted by Gasteiger charge is 2.19. The fourth-order valence-corrected chi connectivity index (χ4v) is 9.60. The quantitative estimate of drug-likeness (QED) is 0.157. The first-order valence-corrected chi connectivity index (χ1v) is 21.2. The van der Waals surface area contributed by atoms with Crippen molar-refractivity contribution in [3.63, 3.8) is 0 Å². The van der Waals surface area contributed by atoms with Gasteiger partial charge in [0.1, 0.15) is 11.6 Å². The number of benzene rings is 10. The van der Waals surface area contributed by atoms with Gasteiger partial charge < -0.3 is 9.13 Å². The summed E-state index contributed by atoms with van der Waals surface area (Å²) in [5.74, 6) is 1.92. The van der Waals surface area contributed by atoms with Crippen molar-refractivity contribution >= 4 is 54.4 Å². The SMILES string of the molecule is Cn1c(-c2ccccc2)nc2ccc(-c3cccc4c(-c5ccc6ccc(-c7ccccc7)cc6c5)c5cccc(-c6ccc7nc(-c8ccccc8)n(C)c7c6)c5cc34)cc21. The van der Waals surface area contributed by atoms with Gasteiger partial charge in [-0.2, -0.15) is 0 Å². The first kappa shape index (κ1) is 35.8. The van der Waals surface area contributed by atoms with Gasteiger partial charge in [-0.1, -0.05) is 164 Å². The lowest BCUT2D eigenvalue weighted by Gasteiger charge is -2.18. The van der Waals surface area contributed by atoms with E-state index in [1.54, 1.807) is 0 Å². The van der Waals surface area contributed by atoms with E-state index in [4.69, 9.17) is 9.97 Å². The molecule has 0 radical (unpaired) electrons. The monoisotopic (exact) mass is 792 g/mol. The second-order valence-corrected chi connectivity index (χ2v) is 16.3. The predicted octanol–water partition coefficient (Wildman–Crippen LogP) is 14.9. The van der Waals surface area contributed by atoms with Crippen LogP contribution in [0.2, 0.25) is 0 Å². The zero-order valence-corrected chi connectivity index (χ0v) is 34.4. The standard InChI is InChI=1S/C58H40N4/c1-61-54-34-42(28-30-52(54)59-57(61)39-16-8-4-9-17-39)46-20-12-22-48-50(46)36-51-47(43-29-31-53-55(35-43)62(2)58(60-53)40-18-10-5-11-19-40)21-13-23-49(51)56(48)44-27-25-38-24-26-41(32-45(38)33-44)37-14-6-3-7-15-37/h3-36H,1-2H3. The van der Waals surface area contributed by atoms with Gasteiger partial charge >= 0.3 is 0 Å². The number of nitrogens with zero attached hydrogens (tertiary/aromatic N) is 4. The molecule has 292 valence electrons. The van der Waals surface area contributed by atoms with Gasteiger partial charge in [0.25, 0.3) is 0 Å². The maximum absolute atomic E-state index is 5.07. The number of fused-ring (bicyclic) bond motifs is 5. The molecule has 62 heavy (non-hydrogen) atoms. The number of aromatic nitrogens is 4. The Morgan fingerprint density at radius 3 is 1.27 bits per heavy atom. The number of rotatable bonds is 6. The molecule has 0 aliphatic carbocycles. The molecule has 2 aromatic heterocycles. The lowest BCUT2D eigenvalue weighted by atomic mass is 9.85. The lowest BCUT2D eigenvalue weighted by Crippen LogP contribution is -1.93. The summed E-state index contributed by atoms with van der Waals surface area (Å²) in [6.07, 6.45) is 0. The van der Waals surface area contributed by atoms with Gasteiger partial charge in [0.2, 0.25) is 0 Å². The Hall–Kier alpha value is -8.08. The van der Waals surface area contributed by atoms with Crippen LogP contribution in [0.25, 0.3) is 122 Å². The van der Waals surface area contributed by atoms with E-state index in [0.29, 0.717) is 0 Å². The lowest BCUT2D eigenvalue weighted by molar-refractivity contribution is 0.959. The molecule has 2 heterocycles. The molecule has 0 bridgehead atoms. The first-order valence-electron chi connectivity index (χ1n) is 21.2. The molecule has 0 saturated carbocycles. The predicted molar refractivity (Wildman–Crippen MR) is 260 cm³/mol. The second-order valence-electron chi connectivity index (χ2n) is 16.3. The molecular weight excluding hydrogens is 753 g/mol. The third-order valence-corrected chi connectivity index (χ3v) is 12.7. The molecule has 4 nitrogen and oxygen atoms in total. The van der Waals surface area contributed by atoms with Crippen molar-refractivity contribution in [1.82, 2.24) is 19.1 Å². The number of imidazole rings is 2. The average Bonchev–Trinajstić information content (AvgIpc) is 3.85. The van der Waals surface area contributed by atoms with E-state index < -0.39 is 0 Å². The van der Waals surface area contributed by atoms with Crippen molar-refractivity contribution in [1.29, 1.82) is 0 Å². The summed E-state index contributed by atoms with van der Waals surface area (Å²) >= 11 is 0. The van der Waals surface area contributed by atoms with E-state index in [9.17, 15) is 0 Å². The minimum atomic E-state index is 0.960. The Balaban J connectivity index is 1.10. The van der Waals surface area contributed by atoms with Crippen LogP contribution in [0.4, 0.5) is 0 Å². The molecule has 10 aromatic carbocycles. The molecule has 0 atom stereocenters. The molecule has 0 unspecified atom stereocenters. The van der Waals surface area contributed by atoms with Crippen LogP contribution in [0, 0.1) is 0 Å². The van der Waals surface area contributed by atoms with Crippen LogP contribution in [0.5, 0.6) is 0 Å². The van der Waals surface area contributed by atoms with Crippen molar-refractivity contribution in [2.75, 3.05) is 0 Å². The van der Waals surface area contributed by atoms with Crippen LogP contribution in [0.15, 0.2) is 206 Å². The molecule has 12 aromatic rings. The van der Waals surface area contributed by atoms with Crippen molar-refractivity contribution < 1.29 is 0 Å². The van der Waals surface area contributed by atoms with E-state index in [-0.39, 0.29) is 0 Å². The van der Waals surface area contributed by atoms with E-state index >= 15 is 0 Å². The van der Waals surface area contributed by atoms with Gasteiger partial charge in [-0.25, -0.2) is 9.97 Å². The van der Waals surface area contributed by atoms with E-state index in [0.717, 1.165) is 56.0 Å². The zero-order chi connectivity index (χ0) is 41.3. The third kappa shape index (κ3) is 5.83. The summed E-state index contributed by atoms with van der Waals surface area (Å²) in [5.41, 5.74) is 15.9. The van der Waals surface area contributed by atoms with Gasteiger partial charge in [0, 0.05) is 25.2 Å². The van der Waals surface area contributed by atoms with Gasteiger partial charge in [-0.05, 0) is 119 Å². The summed E-state index contributed by atoms with van der Waals surface area (Å²) in [5, 5.41) is 7.29. The summed E-state index contributed by atoms with van der Waals surface area (Å²) in [7, 11) is 4.24. The number of hydrogen-bond acceptors (Lipinski definition) is 2. The maximum atomic E-state index is 5.07. The minimum absolute atomic E-state index is 0.960. The van der Waals surface area contributed by atoms with Crippen molar-refractivity contribution in [2.24, 2.45) is 14.1 Å². The molecule has 0 amide bonds. The summed E-state index contributed by atoms with van der Waals surface area (Å²) in [6, 6.07) is 74.7. The van der Waals surface area contributed by atoms with Crippen LogP contribution in [0.3, 0.4) is 0 Å². The largest absolute Gasteiger partial charge is 0.327 e. The van der Waals surface area contributed by atoms with Gasteiger partial charge in [0.05, 0.1) is 22.1 Å². The van der Waals surface area contributed by atoms with Crippen LogP contribution >= 0.6 is 0 Å². The van der Waals surface area contributed by atoms with Crippen molar-refractivity contribution in [3.05, 3.63) is 206 Å². The summed E-state index contributed by atoms with van der Waals surface area (Å²) in [4.78, 5) is 10.1. The Labute approximate surface area is 359 Å². The molecule has 0 saturated heterocycles. The molecule has 0 aliphatic heterocycles. The summed E-state index contributed by atoms with van der Waals surface area (Å²) in [6.45, 7) is 0. The van der Waals surface area contributed by atoms with E-state index in [1.165, 1.54) is 65.7 Å². The highest BCUT2D eigenvalue weighted by Crippen LogP contribution is 2.45. The summed E-state index contributed by atoms with van der Waals surface area (Å²) < 4.78 is 4.43. The smallest absolute Gasteiger partial charge is 0.140 e. The van der Waals surface area contributed by atoms with Crippen LogP contribution in [-0.4, -0.2) is 19.1 Å². The Bertz CT molecular complexity index is 3510. The zero-order valence-electron chi connectivity index (χ0n) is 34.4. The molecule has 4 heteroatoms. The topological polar surface area (TPSA) is 35.6 Å². The fraction of sp³-hybridized carbons (Fsp3) is 0.0345. The van der Waals surface area contributed by atoms with E-state index in [2.05, 4.69) is 217 Å². The van der Waals surface area contributed by atoms with Crippen LogP contribution in [-0.2, 0) is 14.1 Å². The molecular formula is C58H40N4. The van der Waals surface area contributed by atoms with Gasteiger partial charge in [0.15, 0.2) is 0 Å². The maximum Gasteiger partial charge on any atom is 0.140 e. The average molecular weight is 793 g/mol. The minimum Gasteiger partial charge on any atom is -0.327 e. The Kier molecular flexibility index (Phi) is 8.26. The number of hydrogen-bond donors (Lipinski definition) is 0. The van der Waals surface area contributed by atoms with Crippen molar-refractivity contribution in [2.45, 2.75) is 0 Å². The first-order chi connectivity index (χ1) is 30.6. The van der Waals surface area contributed by atoms with Crippen LogP contribution in [0.1, 0.15) is 0 Å². The Morgan fingerprint density at radius 2 is 0.758 bits per heavy atom. The van der Waals surface area contributed by atoms with E-state index in [1.807, 2.05) is 12.1 Å². The second kappa shape index (κ2) is 14.3. The van der Waals surface area contributed by atoms with Crippen LogP contribution < -0.4 is 0 Å². The Morgan fingerprint density at radius 1 is 0.306 bits per heavy atom. The molecule has 0 spiro atoms.